The van der Waals surface area contributed by atoms with Crippen molar-refractivity contribution in [2.45, 2.75) is 33.8 Å². The summed E-state index contributed by atoms with van der Waals surface area (Å²) >= 11 is 4.89. The molecule has 0 saturated carbocycles. The normalized spacial score (nSPS) is 10.4. The Morgan fingerprint density at radius 1 is 1.40 bits per heavy atom. The van der Waals surface area contributed by atoms with Crippen LogP contribution in [-0.2, 0) is 9.53 Å². The molecule has 2 nitrogen and oxygen atoms in total. The maximum Gasteiger partial charge on any atom is 0.333 e. The molecule has 0 N–H and O–H groups in total. The second kappa shape index (κ2) is 10.1. The summed E-state index contributed by atoms with van der Waals surface area (Å²) in [6.07, 6.45) is 3.36. The third kappa shape index (κ3) is 11.2. The van der Waals surface area contributed by atoms with Gasteiger partial charge >= 0.3 is 5.97 Å². The van der Waals surface area contributed by atoms with E-state index < -0.39 is 0 Å². The van der Waals surface area contributed by atoms with Gasteiger partial charge in [0.2, 0.25) is 0 Å². The quantitative estimate of drug-likeness (QED) is 0.141. The van der Waals surface area contributed by atoms with Crippen LogP contribution in [0.4, 0.5) is 0 Å². The maximum atomic E-state index is 11.0. The average Bonchev–Trinajstić information content (AvgIpc) is 2.15. The third-order valence-corrected chi connectivity index (χ3v) is 5.29. The molecule has 0 aliphatic carbocycles. The highest BCUT2D eigenvalue weighted by molar-refractivity contribution is 14.2. The molecule has 0 unspecified atom stereocenters. The zero-order valence-corrected chi connectivity index (χ0v) is 14.2. The molecule has 0 amide bonds. The number of carbonyl (C=O) groups excluding carboxylic acids is 1. The van der Waals surface area contributed by atoms with Crippen molar-refractivity contribution in [1.29, 1.82) is 0 Å². The van der Waals surface area contributed by atoms with E-state index in [4.69, 9.17) is 4.74 Å². The van der Waals surface area contributed by atoms with Crippen molar-refractivity contribution in [3.63, 3.8) is 0 Å². The molecular formula is C10H16I2O2Si. The van der Waals surface area contributed by atoms with Gasteiger partial charge in [0.25, 0.3) is 0 Å². The molecular weight excluding hydrogens is 434 g/mol. The Morgan fingerprint density at radius 3 is 2.60 bits per heavy atom. The highest BCUT2D eigenvalue weighted by Crippen LogP contribution is 2.11. The second-order valence-corrected chi connectivity index (χ2v) is 11.9. The highest BCUT2D eigenvalue weighted by Gasteiger charge is 2.02. The molecule has 0 aliphatic heterocycles. The summed E-state index contributed by atoms with van der Waals surface area (Å²) in [5.74, 6) is -0.267. The van der Waals surface area contributed by atoms with E-state index in [1.54, 1.807) is 6.92 Å². The average molecular weight is 450 g/mol. The first kappa shape index (κ1) is 15.9. The Morgan fingerprint density at radius 2 is 2.07 bits per heavy atom. The molecule has 0 fully saturated rings. The van der Waals surface area contributed by atoms with Crippen LogP contribution in [0.15, 0.2) is 12.2 Å². The van der Waals surface area contributed by atoms with Crippen LogP contribution in [0.2, 0.25) is 6.04 Å². The summed E-state index contributed by atoms with van der Waals surface area (Å²) in [6.45, 7) is 5.73. The van der Waals surface area contributed by atoms with Crippen LogP contribution in [0.5, 0.6) is 0 Å². The fraction of sp³-hybridized carbons (Fsp3) is 0.700. The smallest absolute Gasteiger partial charge is 0.333 e. The van der Waals surface area contributed by atoms with Gasteiger partial charge in [-0.3, -0.25) is 0 Å². The van der Waals surface area contributed by atoms with Gasteiger partial charge in [-0.15, -0.1) is 0 Å². The molecule has 5 heteroatoms. The molecule has 0 bridgehead atoms. The van der Waals surface area contributed by atoms with Gasteiger partial charge in [-0.05, 0) is 13.3 Å². The molecule has 0 saturated heterocycles. The van der Waals surface area contributed by atoms with E-state index in [-0.39, 0.29) is 5.97 Å². The zero-order valence-electron chi connectivity index (χ0n) is 8.89. The summed E-state index contributed by atoms with van der Waals surface area (Å²) in [4.78, 5) is 11.0. The lowest BCUT2D eigenvalue weighted by atomic mass is 10.3. The van der Waals surface area contributed by atoms with Gasteiger partial charge in [0.05, 0.1) is 17.7 Å². The number of unbranched alkanes of at least 4 members (excludes halogenated alkanes) is 2. The van der Waals surface area contributed by atoms with Crippen molar-refractivity contribution in [3.8, 4) is 0 Å². The van der Waals surface area contributed by atoms with Crippen molar-refractivity contribution in [2.24, 2.45) is 0 Å². The SMILES string of the molecule is C=C(C)C(=O)OCCCCC[Si]C(I)I. The van der Waals surface area contributed by atoms with E-state index in [1.165, 1.54) is 12.5 Å². The number of halogens is 2. The molecule has 2 radical (unpaired) electrons. The number of ether oxygens (including phenoxy) is 1. The van der Waals surface area contributed by atoms with E-state index in [9.17, 15) is 4.79 Å². The van der Waals surface area contributed by atoms with Crippen LogP contribution in [-0.4, -0.2) is 23.7 Å². The first-order valence-electron chi connectivity index (χ1n) is 4.88. The fourth-order valence-corrected chi connectivity index (χ4v) is 3.44. The lowest BCUT2D eigenvalue weighted by molar-refractivity contribution is -0.139. The summed E-state index contributed by atoms with van der Waals surface area (Å²) in [7, 11) is 1.04. The van der Waals surface area contributed by atoms with Gasteiger partial charge in [0.15, 0.2) is 0 Å². The van der Waals surface area contributed by atoms with Crippen LogP contribution in [0.3, 0.4) is 0 Å². The van der Waals surface area contributed by atoms with Crippen molar-refractivity contribution < 1.29 is 9.53 Å². The van der Waals surface area contributed by atoms with Crippen molar-refractivity contribution in [2.75, 3.05) is 6.61 Å². The van der Waals surface area contributed by atoms with Crippen LogP contribution in [0.25, 0.3) is 0 Å². The number of alkyl halides is 2. The predicted molar refractivity (Wildman–Crippen MR) is 82.0 cm³/mol. The van der Waals surface area contributed by atoms with Gasteiger partial charge in [-0.25, -0.2) is 4.79 Å². The van der Waals surface area contributed by atoms with E-state index in [2.05, 4.69) is 51.8 Å². The topological polar surface area (TPSA) is 26.3 Å². The van der Waals surface area contributed by atoms with Crippen molar-refractivity contribution in [3.05, 3.63) is 12.2 Å². The Hall–Kier alpha value is 0.887. The Bertz CT molecular complexity index is 208. The van der Waals surface area contributed by atoms with Gasteiger partial charge in [0.1, 0.15) is 0 Å². The third-order valence-electron chi connectivity index (χ3n) is 1.70. The number of hydrogen-bond acceptors (Lipinski definition) is 2. The largest absolute Gasteiger partial charge is 0.462 e. The van der Waals surface area contributed by atoms with Gasteiger partial charge in [0, 0.05) is 5.57 Å². The summed E-state index contributed by atoms with van der Waals surface area (Å²) < 4.78 is 5.76. The van der Waals surface area contributed by atoms with Gasteiger partial charge in [-0.1, -0.05) is 70.6 Å². The highest BCUT2D eigenvalue weighted by atomic mass is 127. The van der Waals surface area contributed by atoms with E-state index in [0.29, 0.717) is 12.2 Å². The first-order chi connectivity index (χ1) is 7.04. The molecule has 0 heterocycles. The maximum absolute atomic E-state index is 11.0. The number of hydrogen-bond donors (Lipinski definition) is 0. The van der Waals surface area contributed by atoms with Gasteiger partial charge < -0.3 is 4.74 Å². The molecule has 0 aromatic carbocycles. The van der Waals surface area contributed by atoms with Gasteiger partial charge in [-0.2, -0.15) is 0 Å². The molecule has 0 spiro atoms. The molecule has 86 valence electrons. The van der Waals surface area contributed by atoms with E-state index in [1.807, 2.05) is 0 Å². The fourth-order valence-electron chi connectivity index (χ4n) is 0.903. The van der Waals surface area contributed by atoms with Crippen molar-refractivity contribution in [1.82, 2.24) is 0 Å². The minimum absolute atomic E-state index is 0.267. The molecule has 0 atom stereocenters. The van der Waals surface area contributed by atoms with Crippen molar-refractivity contribution >= 4 is 60.7 Å². The lowest BCUT2D eigenvalue weighted by Crippen LogP contribution is -2.06. The minimum Gasteiger partial charge on any atom is -0.462 e. The van der Waals surface area contributed by atoms with Crippen LogP contribution >= 0.6 is 45.2 Å². The standard InChI is InChI=1S/C10H16I2O2Si/c1-8(2)9(13)14-6-4-3-5-7-15-10(11)12/h10H,1,3-7H2,2H3. The minimum atomic E-state index is -0.267. The monoisotopic (exact) mass is 450 g/mol. The first-order valence-corrected chi connectivity index (χ1v) is 8.65. The summed E-state index contributed by atoms with van der Waals surface area (Å²) in [6, 6.07) is 1.30. The van der Waals surface area contributed by atoms with Crippen LogP contribution < -0.4 is 0 Å². The lowest BCUT2D eigenvalue weighted by Gasteiger charge is -2.04. The zero-order chi connectivity index (χ0) is 11.7. The molecule has 15 heavy (non-hydrogen) atoms. The molecule has 0 aromatic heterocycles. The number of carbonyl (C=O) groups is 1. The summed E-state index contributed by atoms with van der Waals surface area (Å²) in [5.41, 5.74) is 0.481. The Balaban J connectivity index is 3.18. The molecule has 0 aromatic rings. The predicted octanol–water partition coefficient (Wildman–Crippen LogP) is 3.55. The number of esters is 1. The van der Waals surface area contributed by atoms with E-state index >= 15 is 0 Å². The summed E-state index contributed by atoms with van der Waals surface area (Å²) in [5, 5.41) is 0. The molecule has 0 rings (SSSR count). The Kier molecular flexibility index (Phi) is 10.7. The van der Waals surface area contributed by atoms with Crippen LogP contribution in [0.1, 0.15) is 26.2 Å². The van der Waals surface area contributed by atoms with Crippen LogP contribution in [0, 0.1) is 0 Å². The molecule has 0 aliphatic rings. The second-order valence-electron chi connectivity index (χ2n) is 3.23. The Labute approximate surface area is 122 Å². The van der Waals surface area contributed by atoms with E-state index in [0.717, 1.165) is 23.9 Å². The number of rotatable bonds is 8.